The minimum Gasteiger partial charge on any atom is -0.469 e. The molecule has 1 unspecified atom stereocenters. The van der Waals surface area contributed by atoms with Crippen LogP contribution in [0.3, 0.4) is 0 Å². The molecule has 2 heterocycles. The van der Waals surface area contributed by atoms with Gasteiger partial charge in [-0.15, -0.1) is 0 Å². The highest BCUT2D eigenvalue weighted by Gasteiger charge is 2.37. The number of rotatable bonds is 3. The molecule has 2 aliphatic rings. The molecular formula is C19H19NO4. The number of hydrogen-bond acceptors (Lipinski definition) is 4. The van der Waals surface area contributed by atoms with Crippen molar-refractivity contribution in [2.24, 2.45) is 0 Å². The average Bonchev–Trinajstić information content (AvgIpc) is 3.36. The van der Waals surface area contributed by atoms with E-state index in [4.69, 9.17) is 9.15 Å². The van der Waals surface area contributed by atoms with Crippen molar-refractivity contribution >= 4 is 17.6 Å². The van der Waals surface area contributed by atoms with Gasteiger partial charge in [-0.05, 0) is 37.0 Å². The molecule has 1 aromatic heterocycles. The molecule has 1 saturated carbocycles. The van der Waals surface area contributed by atoms with Crippen LogP contribution in [0.5, 0.6) is 0 Å². The first kappa shape index (κ1) is 15.0. The van der Waals surface area contributed by atoms with Gasteiger partial charge in [-0.2, -0.15) is 0 Å². The number of methoxy groups -OCH3 is 1. The van der Waals surface area contributed by atoms with Crippen LogP contribution in [0.1, 0.15) is 52.8 Å². The number of benzene rings is 1. The molecule has 5 heteroatoms. The molecular weight excluding hydrogens is 306 g/mol. The first-order chi connectivity index (χ1) is 11.7. The van der Waals surface area contributed by atoms with Gasteiger partial charge in [0.25, 0.3) is 5.91 Å². The molecule has 0 radical (unpaired) electrons. The predicted molar refractivity (Wildman–Crippen MR) is 88.2 cm³/mol. The highest BCUT2D eigenvalue weighted by atomic mass is 16.5. The van der Waals surface area contributed by atoms with E-state index in [1.54, 1.807) is 17.2 Å². The number of nitrogens with zero attached hydrogens (tertiary/aromatic N) is 1. The number of para-hydroxylation sites is 1. The summed E-state index contributed by atoms with van der Waals surface area (Å²) in [5.41, 5.74) is 2.27. The lowest BCUT2D eigenvalue weighted by atomic mass is 9.89. The van der Waals surface area contributed by atoms with Crippen LogP contribution in [0.2, 0.25) is 0 Å². The van der Waals surface area contributed by atoms with Crippen molar-refractivity contribution in [3.8, 4) is 0 Å². The molecule has 0 saturated heterocycles. The number of carbonyl (C=O) groups is 2. The van der Waals surface area contributed by atoms with Gasteiger partial charge in [-0.3, -0.25) is 9.59 Å². The minimum atomic E-state index is -0.317. The molecule has 0 spiro atoms. The maximum absolute atomic E-state index is 13.1. The van der Waals surface area contributed by atoms with Crippen molar-refractivity contribution in [3.05, 3.63) is 53.5 Å². The Hall–Kier alpha value is -2.56. The normalized spacial score (nSPS) is 19.7. The van der Waals surface area contributed by atoms with E-state index < -0.39 is 0 Å². The molecule has 24 heavy (non-hydrogen) atoms. The van der Waals surface area contributed by atoms with Gasteiger partial charge in [-0.25, -0.2) is 0 Å². The van der Waals surface area contributed by atoms with Gasteiger partial charge in [0.05, 0.1) is 24.9 Å². The van der Waals surface area contributed by atoms with E-state index in [1.807, 2.05) is 24.3 Å². The van der Waals surface area contributed by atoms with Crippen molar-refractivity contribution in [2.75, 3.05) is 18.6 Å². The fourth-order valence-corrected chi connectivity index (χ4v) is 3.46. The van der Waals surface area contributed by atoms with Gasteiger partial charge in [0.1, 0.15) is 5.76 Å². The van der Waals surface area contributed by atoms with Gasteiger partial charge in [0.2, 0.25) is 0 Å². The molecule has 5 nitrogen and oxygen atoms in total. The Bertz CT molecular complexity index is 790. The number of esters is 1. The Morgan fingerprint density at radius 1 is 1.17 bits per heavy atom. The summed E-state index contributed by atoms with van der Waals surface area (Å²) in [7, 11) is 1.40. The smallest absolute Gasteiger partial charge is 0.313 e. The standard InChI is InChI=1S/C19H19NO4/c1-23-19(22)14-8-10-20(16-5-3-2-4-13(14)16)18(21)15-9-11-24-17(15)12-6-7-12/h2-5,9,11-12,14H,6-8,10H2,1H3. The fraction of sp³-hybridized carbons (Fsp3) is 0.368. The SMILES string of the molecule is COC(=O)C1CCN(C(=O)c2ccoc2C2CC2)c2ccccc21. The fourth-order valence-electron chi connectivity index (χ4n) is 3.46. The number of fused-ring (bicyclic) bond motifs is 1. The van der Waals surface area contributed by atoms with Crippen LogP contribution in [0.25, 0.3) is 0 Å². The molecule has 2 aromatic rings. The Morgan fingerprint density at radius 3 is 2.71 bits per heavy atom. The predicted octanol–water partition coefficient (Wildman–Crippen LogP) is 3.46. The van der Waals surface area contributed by atoms with Crippen molar-refractivity contribution in [1.82, 2.24) is 0 Å². The minimum absolute atomic E-state index is 0.0542. The second-order valence-electron chi connectivity index (χ2n) is 6.35. The van der Waals surface area contributed by atoms with Crippen LogP contribution in [0, 0.1) is 0 Å². The zero-order valence-electron chi connectivity index (χ0n) is 13.5. The van der Waals surface area contributed by atoms with E-state index >= 15 is 0 Å². The van der Waals surface area contributed by atoms with E-state index in [-0.39, 0.29) is 17.8 Å². The lowest BCUT2D eigenvalue weighted by Crippen LogP contribution is -2.38. The zero-order chi connectivity index (χ0) is 16.7. The maximum atomic E-state index is 13.1. The molecule has 1 amide bonds. The Labute approximate surface area is 140 Å². The van der Waals surface area contributed by atoms with Crippen molar-refractivity contribution in [2.45, 2.75) is 31.1 Å². The Morgan fingerprint density at radius 2 is 1.96 bits per heavy atom. The molecule has 124 valence electrons. The van der Waals surface area contributed by atoms with Gasteiger partial charge >= 0.3 is 5.97 Å². The average molecular weight is 325 g/mol. The number of carbonyl (C=O) groups excluding carboxylic acids is 2. The van der Waals surface area contributed by atoms with Crippen LogP contribution in [-0.2, 0) is 9.53 Å². The third kappa shape index (κ3) is 2.40. The summed E-state index contributed by atoms with van der Waals surface area (Å²) in [5.74, 6) is 0.551. The van der Waals surface area contributed by atoms with Crippen LogP contribution >= 0.6 is 0 Å². The molecule has 4 rings (SSSR count). The summed E-state index contributed by atoms with van der Waals surface area (Å²) in [6, 6.07) is 9.31. The molecule has 0 bridgehead atoms. The number of amides is 1. The summed E-state index contributed by atoms with van der Waals surface area (Å²) >= 11 is 0. The van der Waals surface area contributed by atoms with Gasteiger partial charge < -0.3 is 14.1 Å². The Kier molecular flexibility index (Phi) is 3.63. The van der Waals surface area contributed by atoms with Crippen molar-refractivity contribution < 1.29 is 18.7 Å². The summed E-state index contributed by atoms with van der Waals surface area (Å²) in [6.45, 7) is 0.491. The van der Waals surface area contributed by atoms with E-state index in [2.05, 4.69) is 0 Å². The topological polar surface area (TPSA) is 59.8 Å². The van der Waals surface area contributed by atoms with Crippen molar-refractivity contribution in [1.29, 1.82) is 0 Å². The zero-order valence-corrected chi connectivity index (χ0v) is 13.5. The van der Waals surface area contributed by atoms with Crippen LogP contribution in [0.4, 0.5) is 5.69 Å². The monoisotopic (exact) mass is 325 g/mol. The van der Waals surface area contributed by atoms with Gasteiger partial charge in [-0.1, -0.05) is 18.2 Å². The Balaban J connectivity index is 1.70. The molecule has 0 N–H and O–H groups in total. The molecule has 1 fully saturated rings. The summed E-state index contributed by atoms with van der Waals surface area (Å²) in [4.78, 5) is 26.9. The second-order valence-corrected chi connectivity index (χ2v) is 6.35. The summed E-state index contributed by atoms with van der Waals surface area (Å²) in [5, 5.41) is 0. The highest BCUT2D eigenvalue weighted by Crippen LogP contribution is 2.43. The van der Waals surface area contributed by atoms with E-state index in [1.165, 1.54) is 7.11 Å². The molecule has 1 atom stereocenters. The number of furan rings is 1. The highest BCUT2D eigenvalue weighted by molar-refractivity contribution is 6.08. The maximum Gasteiger partial charge on any atom is 0.313 e. The lowest BCUT2D eigenvalue weighted by Gasteiger charge is -2.33. The quantitative estimate of drug-likeness (QED) is 0.811. The van der Waals surface area contributed by atoms with E-state index in [0.717, 1.165) is 29.9 Å². The first-order valence-corrected chi connectivity index (χ1v) is 8.26. The third-order valence-corrected chi connectivity index (χ3v) is 4.85. The molecule has 1 aromatic carbocycles. The van der Waals surface area contributed by atoms with Crippen LogP contribution < -0.4 is 4.90 Å². The van der Waals surface area contributed by atoms with E-state index in [9.17, 15) is 9.59 Å². The summed E-state index contributed by atoms with van der Waals surface area (Å²) in [6.07, 6.45) is 4.31. The molecule has 1 aliphatic carbocycles. The summed E-state index contributed by atoms with van der Waals surface area (Å²) < 4.78 is 10.5. The van der Waals surface area contributed by atoms with Crippen LogP contribution in [0.15, 0.2) is 41.0 Å². The number of anilines is 1. The largest absolute Gasteiger partial charge is 0.469 e. The number of ether oxygens (including phenoxy) is 1. The molecule has 1 aliphatic heterocycles. The van der Waals surface area contributed by atoms with Gasteiger partial charge in [0, 0.05) is 18.2 Å². The third-order valence-electron chi connectivity index (χ3n) is 4.85. The van der Waals surface area contributed by atoms with Crippen LogP contribution in [-0.4, -0.2) is 25.5 Å². The van der Waals surface area contributed by atoms with Crippen molar-refractivity contribution in [3.63, 3.8) is 0 Å². The lowest BCUT2D eigenvalue weighted by molar-refractivity contribution is -0.142. The first-order valence-electron chi connectivity index (χ1n) is 8.26. The van der Waals surface area contributed by atoms with E-state index in [0.29, 0.717) is 24.4 Å². The number of hydrogen-bond donors (Lipinski definition) is 0. The van der Waals surface area contributed by atoms with Gasteiger partial charge in [0.15, 0.2) is 0 Å². The second kappa shape index (κ2) is 5.82.